The molecule has 1 fully saturated rings. The van der Waals surface area contributed by atoms with E-state index in [4.69, 9.17) is 17.3 Å². The van der Waals surface area contributed by atoms with Crippen LogP contribution in [0.2, 0.25) is 5.02 Å². The molecule has 1 aliphatic heterocycles. The van der Waals surface area contributed by atoms with Crippen molar-refractivity contribution in [1.29, 1.82) is 0 Å². The number of hydrogen-bond donors (Lipinski definition) is 3. The number of halogens is 2. The Morgan fingerprint density at radius 3 is 2.67 bits per heavy atom. The van der Waals surface area contributed by atoms with Crippen LogP contribution in [0.4, 0.5) is 10.2 Å². The highest BCUT2D eigenvalue weighted by Crippen LogP contribution is 2.27. The molecule has 4 N–H and O–H groups in total. The summed E-state index contributed by atoms with van der Waals surface area (Å²) in [6.45, 7) is 5.26. The number of nitrogens with one attached hydrogen (secondary N) is 2. The zero-order valence-electron chi connectivity index (χ0n) is 18.2. The maximum atomic E-state index is 14.4. The summed E-state index contributed by atoms with van der Waals surface area (Å²) in [6, 6.07) is 1.58. The Morgan fingerprint density at radius 2 is 2.06 bits per heavy atom. The van der Waals surface area contributed by atoms with Crippen LogP contribution in [0.3, 0.4) is 0 Å². The number of imidazole rings is 1. The molecule has 3 heterocycles. The summed E-state index contributed by atoms with van der Waals surface area (Å²) in [7, 11) is 3.27. The maximum Gasteiger partial charge on any atom is 0.255 e. The number of hydrogen-bond acceptors (Lipinski definition) is 5. The second-order valence-corrected chi connectivity index (χ2v) is 7.58. The molecular weight excluding hydrogens is 449 g/mol. The van der Waals surface area contributed by atoms with E-state index < -0.39 is 11.7 Å². The minimum Gasteiger partial charge on any atom is -0.371 e. The van der Waals surface area contributed by atoms with Gasteiger partial charge in [0.15, 0.2) is 11.6 Å². The van der Waals surface area contributed by atoms with Gasteiger partial charge in [0.05, 0.1) is 16.9 Å². The number of primary amides is 1. The van der Waals surface area contributed by atoms with E-state index in [1.165, 1.54) is 17.0 Å². The number of rotatable bonds is 3. The lowest BCUT2D eigenvalue weighted by molar-refractivity contribution is -0.124. The Bertz CT molecular complexity index is 1280. The van der Waals surface area contributed by atoms with Crippen molar-refractivity contribution < 1.29 is 14.0 Å². The number of carbonyl (C=O) groups is 2. The molecule has 0 unspecified atom stereocenters. The fraction of sp³-hybridized carbons (Fsp3) is 0.273. The standard InChI is InChI=1S/C15H12ClFN6O.C7H11NO/c1-19-15-10(14(18)24)8(21-22-15)4-3-7-5-9-13(12(17)11(7)16)23(2)6-20-9;1-2-7(9)8-5-3-4-6-8/h5-6H,1-2H3,(H2,18,24)(H2,19,21,22);2H,1,3-6H2. The first-order valence-electron chi connectivity index (χ1n) is 10.1. The minimum atomic E-state index is -0.685. The highest BCUT2D eigenvalue weighted by molar-refractivity contribution is 6.32. The smallest absolute Gasteiger partial charge is 0.255 e. The Balaban J connectivity index is 0.000000286. The minimum absolute atomic E-state index is 0.0764. The highest BCUT2D eigenvalue weighted by atomic mass is 35.5. The second-order valence-electron chi connectivity index (χ2n) is 7.20. The van der Waals surface area contributed by atoms with E-state index in [0.717, 1.165) is 25.9 Å². The topological polar surface area (TPSA) is 122 Å². The summed E-state index contributed by atoms with van der Waals surface area (Å²) in [6.07, 6.45) is 5.17. The molecule has 0 aliphatic carbocycles. The number of benzene rings is 1. The van der Waals surface area contributed by atoms with Crippen LogP contribution < -0.4 is 11.1 Å². The van der Waals surface area contributed by atoms with Crippen molar-refractivity contribution in [2.24, 2.45) is 12.8 Å². The Kier molecular flexibility index (Phi) is 7.35. The van der Waals surface area contributed by atoms with Gasteiger partial charge in [0.1, 0.15) is 16.8 Å². The van der Waals surface area contributed by atoms with E-state index in [9.17, 15) is 14.0 Å². The molecule has 0 spiro atoms. The lowest BCUT2D eigenvalue weighted by Gasteiger charge is -2.10. The molecule has 11 heteroatoms. The number of nitrogens with zero attached hydrogens (tertiary/aromatic N) is 4. The molecule has 1 saturated heterocycles. The number of carbonyl (C=O) groups excluding carboxylic acids is 2. The van der Waals surface area contributed by atoms with Gasteiger partial charge in [-0.3, -0.25) is 14.7 Å². The fourth-order valence-corrected chi connectivity index (χ4v) is 3.58. The summed E-state index contributed by atoms with van der Waals surface area (Å²) in [5, 5.41) is 9.12. The number of nitrogens with two attached hydrogens (primary N) is 1. The van der Waals surface area contributed by atoms with Gasteiger partial charge in [-0.1, -0.05) is 24.1 Å². The monoisotopic (exact) mass is 471 g/mol. The zero-order chi connectivity index (χ0) is 24.1. The van der Waals surface area contributed by atoms with E-state index in [2.05, 4.69) is 38.9 Å². The Labute approximate surface area is 194 Å². The van der Waals surface area contributed by atoms with E-state index in [1.807, 2.05) is 4.90 Å². The van der Waals surface area contributed by atoms with E-state index in [-0.39, 0.29) is 33.6 Å². The van der Waals surface area contributed by atoms with Crippen molar-refractivity contribution >= 4 is 40.3 Å². The van der Waals surface area contributed by atoms with Gasteiger partial charge in [-0.15, -0.1) is 0 Å². The maximum absolute atomic E-state index is 14.4. The molecule has 4 rings (SSSR count). The van der Waals surface area contributed by atoms with E-state index in [0.29, 0.717) is 11.0 Å². The third-order valence-corrected chi connectivity index (χ3v) is 5.42. The second kappa shape index (κ2) is 10.2. The molecule has 2 amide bonds. The number of H-pyrrole nitrogens is 1. The molecule has 0 atom stereocenters. The van der Waals surface area contributed by atoms with Gasteiger partial charge >= 0.3 is 0 Å². The third kappa shape index (κ3) is 4.99. The van der Waals surface area contributed by atoms with Crippen molar-refractivity contribution in [2.75, 3.05) is 25.5 Å². The van der Waals surface area contributed by atoms with Gasteiger partial charge in [-0.25, -0.2) is 9.37 Å². The quantitative estimate of drug-likeness (QED) is 0.400. The summed E-state index contributed by atoms with van der Waals surface area (Å²) < 4.78 is 15.9. The predicted molar refractivity (Wildman–Crippen MR) is 124 cm³/mol. The molecule has 0 bridgehead atoms. The molecule has 3 aromatic rings. The number of fused-ring (bicyclic) bond motifs is 1. The van der Waals surface area contributed by atoms with Gasteiger partial charge in [0, 0.05) is 32.7 Å². The van der Waals surface area contributed by atoms with Crippen LogP contribution in [-0.4, -0.2) is 56.6 Å². The summed E-state index contributed by atoms with van der Waals surface area (Å²) in [4.78, 5) is 28.3. The van der Waals surface area contributed by atoms with Crippen molar-refractivity contribution in [3.05, 3.63) is 52.7 Å². The first-order valence-corrected chi connectivity index (χ1v) is 10.4. The zero-order valence-corrected chi connectivity index (χ0v) is 19.0. The van der Waals surface area contributed by atoms with Crippen LogP contribution in [0.1, 0.15) is 34.5 Å². The number of amides is 2. The summed E-state index contributed by atoms with van der Waals surface area (Å²) in [5.41, 5.74) is 6.64. The van der Waals surface area contributed by atoms with Gasteiger partial charge in [-0.05, 0) is 30.9 Å². The predicted octanol–water partition coefficient (Wildman–Crippen LogP) is 2.42. The van der Waals surface area contributed by atoms with Crippen molar-refractivity contribution in [1.82, 2.24) is 24.6 Å². The Hall–Kier alpha value is -3.84. The summed E-state index contributed by atoms with van der Waals surface area (Å²) in [5.74, 6) is 4.51. The van der Waals surface area contributed by atoms with Crippen LogP contribution >= 0.6 is 11.6 Å². The first-order chi connectivity index (χ1) is 15.8. The number of likely N-dealkylation sites (tertiary alicyclic amines) is 1. The van der Waals surface area contributed by atoms with Crippen molar-refractivity contribution in [3.8, 4) is 11.8 Å². The highest BCUT2D eigenvalue weighted by Gasteiger charge is 2.17. The molecule has 2 aromatic heterocycles. The van der Waals surface area contributed by atoms with Crippen molar-refractivity contribution in [2.45, 2.75) is 12.8 Å². The lowest BCUT2D eigenvalue weighted by Crippen LogP contribution is -2.25. The molecule has 172 valence electrons. The number of aromatic amines is 1. The first kappa shape index (κ1) is 23.8. The number of anilines is 1. The van der Waals surface area contributed by atoms with Gasteiger partial charge in [-0.2, -0.15) is 5.10 Å². The van der Waals surface area contributed by atoms with Crippen LogP contribution in [0.5, 0.6) is 0 Å². The molecule has 33 heavy (non-hydrogen) atoms. The SMILES string of the molecule is C=CC(=O)N1CCCC1.CNc1n[nH]c(C#Cc2cc3ncn(C)c3c(F)c2Cl)c1C(N)=O. The molecule has 1 aliphatic rings. The average molecular weight is 472 g/mol. The summed E-state index contributed by atoms with van der Waals surface area (Å²) >= 11 is 6.05. The molecular formula is C22H23ClFN7O2. The van der Waals surface area contributed by atoms with E-state index >= 15 is 0 Å². The number of aryl methyl sites for hydroxylation is 1. The average Bonchev–Trinajstić information content (AvgIpc) is 3.55. The van der Waals surface area contributed by atoms with Crippen LogP contribution in [-0.2, 0) is 11.8 Å². The normalized spacial score (nSPS) is 12.5. The molecule has 0 saturated carbocycles. The van der Waals surface area contributed by atoms with Gasteiger partial charge in [0.2, 0.25) is 5.91 Å². The lowest BCUT2D eigenvalue weighted by atomic mass is 10.1. The van der Waals surface area contributed by atoms with Gasteiger partial charge in [0.25, 0.3) is 5.91 Å². The molecule has 0 radical (unpaired) electrons. The molecule has 9 nitrogen and oxygen atoms in total. The Morgan fingerprint density at radius 1 is 1.36 bits per heavy atom. The van der Waals surface area contributed by atoms with Crippen LogP contribution in [0.25, 0.3) is 11.0 Å². The van der Waals surface area contributed by atoms with Crippen molar-refractivity contribution in [3.63, 3.8) is 0 Å². The fourth-order valence-electron chi connectivity index (χ4n) is 3.38. The van der Waals surface area contributed by atoms with Crippen LogP contribution in [0, 0.1) is 17.7 Å². The third-order valence-electron chi connectivity index (χ3n) is 5.05. The van der Waals surface area contributed by atoms with Gasteiger partial charge < -0.3 is 20.5 Å². The largest absolute Gasteiger partial charge is 0.371 e. The van der Waals surface area contributed by atoms with E-state index in [1.54, 1.807) is 20.2 Å². The molecule has 1 aromatic carbocycles. The van der Waals surface area contributed by atoms with Crippen LogP contribution in [0.15, 0.2) is 25.0 Å². The number of aromatic nitrogens is 4.